The van der Waals surface area contributed by atoms with Gasteiger partial charge in [0.25, 0.3) is 0 Å². The Kier molecular flexibility index (Phi) is 4.04. The molecular weight excluding hydrogens is 254 g/mol. The van der Waals surface area contributed by atoms with Crippen LogP contribution in [0.2, 0.25) is 0 Å². The third-order valence-electron chi connectivity index (χ3n) is 2.52. The fourth-order valence-electron chi connectivity index (χ4n) is 1.82. The fraction of sp³-hybridized carbons (Fsp3) is 0.308. The molecule has 1 atom stereocenters. The number of halogens is 2. The quantitative estimate of drug-likeness (QED) is 0.926. The van der Waals surface area contributed by atoms with E-state index in [1.807, 2.05) is 12.3 Å². The Morgan fingerprint density at radius 1 is 1.22 bits per heavy atom. The summed E-state index contributed by atoms with van der Waals surface area (Å²) >= 11 is 1.56. The SMILES string of the molecule is Cc1csc(CC(N)Cc2cc(F)cc(F)c2)n1. The molecule has 0 fully saturated rings. The molecule has 0 saturated heterocycles. The van der Waals surface area contributed by atoms with Gasteiger partial charge < -0.3 is 5.73 Å². The molecule has 2 aromatic rings. The molecule has 1 unspecified atom stereocenters. The van der Waals surface area contributed by atoms with Crippen LogP contribution >= 0.6 is 11.3 Å². The Bertz CT molecular complexity index is 519. The van der Waals surface area contributed by atoms with Gasteiger partial charge in [0.15, 0.2) is 0 Å². The average Bonchev–Trinajstić information content (AvgIpc) is 2.61. The number of aryl methyl sites for hydroxylation is 1. The summed E-state index contributed by atoms with van der Waals surface area (Å²) in [5, 5.41) is 2.92. The van der Waals surface area contributed by atoms with E-state index in [1.165, 1.54) is 12.1 Å². The average molecular weight is 268 g/mol. The van der Waals surface area contributed by atoms with Crippen LogP contribution in [0.1, 0.15) is 16.3 Å². The monoisotopic (exact) mass is 268 g/mol. The van der Waals surface area contributed by atoms with Gasteiger partial charge in [0.1, 0.15) is 11.6 Å². The first kappa shape index (κ1) is 13.1. The third kappa shape index (κ3) is 3.58. The summed E-state index contributed by atoms with van der Waals surface area (Å²) in [4.78, 5) is 4.32. The Morgan fingerprint density at radius 2 is 1.89 bits per heavy atom. The van der Waals surface area contributed by atoms with Gasteiger partial charge in [-0.1, -0.05) is 0 Å². The topological polar surface area (TPSA) is 38.9 Å². The Balaban J connectivity index is 2.00. The number of thiazole rings is 1. The van der Waals surface area contributed by atoms with Gasteiger partial charge in [-0.25, -0.2) is 13.8 Å². The predicted octanol–water partition coefficient (Wildman–Crippen LogP) is 2.84. The van der Waals surface area contributed by atoms with E-state index in [1.54, 1.807) is 11.3 Å². The van der Waals surface area contributed by atoms with Crippen molar-refractivity contribution in [3.05, 3.63) is 51.5 Å². The summed E-state index contributed by atoms with van der Waals surface area (Å²) in [6.45, 7) is 1.92. The third-order valence-corrected chi connectivity index (χ3v) is 3.51. The van der Waals surface area contributed by atoms with Crippen molar-refractivity contribution in [1.82, 2.24) is 4.98 Å². The van der Waals surface area contributed by atoms with Gasteiger partial charge in [0.2, 0.25) is 0 Å². The van der Waals surface area contributed by atoms with Crippen LogP contribution in [0.4, 0.5) is 8.78 Å². The molecule has 1 heterocycles. The second-order valence-corrected chi connectivity index (χ2v) is 5.27. The van der Waals surface area contributed by atoms with Crippen LogP contribution in [0.25, 0.3) is 0 Å². The number of aromatic nitrogens is 1. The molecule has 0 amide bonds. The number of hydrogen-bond donors (Lipinski definition) is 1. The van der Waals surface area contributed by atoms with Crippen LogP contribution in [0.5, 0.6) is 0 Å². The number of nitrogens with two attached hydrogens (primary N) is 1. The zero-order valence-electron chi connectivity index (χ0n) is 9.99. The van der Waals surface area contributed by atoms with E-state index in [-0.39, 0.29) is 6.04 Å². The van der Waals surface area contributed by atoms with Gasteiger partial charge in [-0.2, -0.15) is 0 Å². The van der Waals surface area contributed by atoms with Gasteiger partial charge in [-0.15, -0.1) is 11.3 Å². The van der Waals surface area contributed by atoms with Crippen LogP contribution < -0.4 is 5.73 Å². The van der Waals surface area contributed by atoms with Crippen molar-refractivity contribution in [2.75, 3.05) is 0 Å². The number of rotatable bonds is 4. The van der Waals surface area contributed by atoms with Crippen molar-refractivity contribution < 1.29 is 8.78 Å². The second-order valence-electron chi connectivity index (χ2n) is 4.33. The van der Waals surface area contributed by atoms with Crippen LogP contribution in [-0.2, 0) is 12.8 Å². The molecule has 96 valence electrons. The first-order valence-corrected chi connectivity index (χ1v) is 6.52. The minimum absolute atomic E-state index is 0.184. The molecule has 0 aliphatic carbocycles. The van der Waals surface area contributed by atoms with Crippen molar-refractivity contribution in [3.8, 4) is 0 Å². The highest BCUT2D eigenvalue weighted by molar-refractivity contribution is 7.09. The zero-order chi connectivity index (χ0) is 13.1. The molecule has 0 bridgehead atoms. The minimum atomic E-state index is -0.567. The van der Waals surface area contributed by atoms with Crippen LogP contribution in [-0.4, -0.2) is 11.0 Å². The molecule has 0 aliphatic rings. The van der Waals surface area contributed by atoms with Gasteiger partial charge in [-0.05, 0) is 31.0 Å². The Morgan fingerprint density at radius 3 is 2.44 bits per heavy atom. The summed E-state index contributed by atoms with van der Waals surface area (Å²) in [6.07, 6.45) is 1.06. The normalized spacial score (nSPS) is 12.7. The lowest BCUT2D eigenvalue weighted by Gasteiger charge is -2.10. The summed E-state index contributed by atoms with van der Waals surface area (Å²) < 4.78 is 26.0. The van der Waals surface area contributed by atoms with Crippen molar-refractivity contribution in [2.45, 2.75) is 25.8 Å². The predicted molar refractivity (Wildman–Crippen MR) is 68.6 cm³/mol. The van der Waals surface area contributed by atoms with E-state index >= 15 is 0 Å². The van der Waals surface area contributed by atoms with Gasteiger partial charge in [0, 0.05) is 29.6 Å². The highest BCUT2D eigenvalue weighted by Crippen LogP contribution is 2.14. The maximum atomic E-state index is 13.0. The Labute approximate surface area is 108 Å². The molecule has 0 aliphatic heterocycles. The van der Waals surface area contributed by atoms with E-state index in [0.717, 1.165) is 16.8 Å². The van der Waals surface area contributed by atoms with E-state index < -0.39 is 11.6 Å². The lowest BCUT2D eigenvalue weighted by Crippen LogP contribution is -2.25. The van der Waals surface area contributed by atoms with E-state index in [2.05, 4.69) is 4.98 Å². The molecule has 0 saturated carbocycles. The van der Waals surface area contributed by atoms with Gasteiger partial charge in [-0.3, -0.25) is 0 Å². The summed E-state index contributed by atoms with van der Waals surface area (Å²) in [5.41, 5.74) is 7.52. The van der Waals surface area contributed by atoms with Crippen molar-refractivity contribution in [1.29, 1.82) is 0 Å². The molecule has 2 rings (SSSR count). The van der Waals surface area contributed by atoms with Crippen LogP contribution in [0.3, 0.4) is 0 Å². The first-order valence-electron chi connectivity index (χ1n) is 5.64. The lowest BCUT2D eigenvalue weighted by molar-refractivity contribution is 0.574. The number of nitrogens with zero attached hydrogens (tertiary/aromatic N) is 1. The molecular formula is C13H14F2N2S. The fourth-order valence-corrected chi connectivity index (χ4v) is 2.69. The number of hydrogen-bond acceptors (Lipinski definition) is 3. The molecule has 18 heavy (non-hydrogen) atoms. The smallest absolute Gasteiger partial charge is 0.126 e. The molecule has 2 nitrogen and oxygen atoms in total. The number of benzene rings is 1. The largest absolute Gasteiger partial charge is 0.327 e. The van der Waals surface area contributed by atoms with Crippen LogP contribution in [0.15, 0.2) is 23.6 Å². The van der Waals surface area contributed by atoms with Crippen molar-refractivity contribution >= 4 is 11.3 Å². The summed E-state index contributed by atoms with van der Waals surface area (Å²) in [7, 11) is 0. The standard InChI is InChI=1S/C13H14F2N2S/c1-8-7-18-13(17-8)6-12(16)4-9-2-10(14)5-11(15)3-9/h2-3,5,7,12H,4,6,16H2,1H3. The zero-order valence-corrected chi connectivity index (χ0v) is 10.8. The minimum Gasteiger partial charge on any atom is -0.327 e. The molecule has 0 spiro atoms. The Hall–Kier alpha value is -1.33. The van der Waals surface area contributed by atoms with E-state index in [0.29, 0.717) is 18.4 Å². The summed E-state index contributed by atoms with van der Waals surface area (Å²) in [5.74, 6) is -1.13. The highest BCUT2D eigenvalue weighted by atomic mass is 32.1. The maximum Gasteiger partial charge on any atom is 0.126 e. The van der Waals surface area contributed by atoms with Gasteiger partial charge >= 0.3 is 0 Å². The second kappa shape index (κ2) is 5.54. The molecule has 5 heteroatoms. The molecule has 0 radical (unpaired) electrons. The molecule has 1 aromatic carbocycles. The van der Waals surface area contributed by atoms with E-state index in [9.17, 15) is 8.78 Å². The maximum absolute atomic E-state index is 13.0. The van der Waals surface area contributed by atoms with Gasteiger partial charge in [0.05, 0.1) is 5.01 Å². The van der Waals surface area contributed by atoms with Crippen LogP contribution in [0, 0.1) is 18.6 Å². The molecule has 2 N–H and O–H groups in total. The first-order chi connectivity index (χ1) is 8.52. The highest BCUT2D eigenvalue weighted by Gasteiger charge is 2.10. The molecule has 1 aromatic heterocycles. The lowest BCUT2D eigenvalue weighted by atomic mass is 10.0. The summed E-state index contributed by atoms with van der Waals surface area (Å²) in [6, 6.07) is 3.31. The van der Waals surface area contributed by atoms with E-state index in [4.69, 9.17) is 5.73 Å². The van der Waals surface area contributed by atoms with Crippen molar-refractivity contribution in [2.24, 2.45) is 5.73 Å². The van der Waals surface area contributed by atoms with Crippen molar-refractivity contribution in [3.63, 3.8) is 0 Å².